The number of nitrogens with one attached hydrogen (secondary N) is 1. The molecule has 6 heteroatoms. The fourth-order valence-corrected chi connectivity index (χ4v) is 3.34. The van der Waals surface area contributed by atoms with Crippen LogP contribution in [0.5, 0.6) is 0 Å². The van der Waals surface area contributed by atoms with Crippen molar-refractivity contribution in [1.82, 2.24) is 5.43 Å². The molecule has 1 aromatic heterocycles. The Morgan fingerprint density at radius 1 is 1.44 bits per heavy atom. The second-order valence-electron chi connectivity index (χ2n) is 3.79. The highest BCUT2D eigenvalue weighted by Crippen LogP contribution is 2.29. The minimum atomic E-state index is -0.431. The highest BCUT2D eigenvalue weighted by atomic mass is 79.9. The van der Waals surface area contributed by atoms with Crippen LogP contribution < -0.4 is 11.3 Å². The van der Waals surface area contributed by atoms with Gasteiger partial charge in [0.25, 0.3) is 0 Å². The van der Waals surface area contributed by atoms with Gasteiger partial charge in [-0.05, 0) is 45.1 Å². The molecule has 1 heterocycles. The lowest BCUT2D eigenvalue weighted by Gasteiger charge is -2.16. The van der Waals surface area contributed by atoms with Gasteiger partial charge >= 0.3 is 0 Å². The van der Waals surface area contributed by atoms with E-state index in [9.17, 15) is 4.39 Å². The maximum Gasteiger partial charge on any atom is 0.142 e. The summed E-state index contributed by atoms with van der Waals surface area (Å²) in [6.45, 7) is 0. The number of hydrogen-bond acceptors (Lipinski definition) is 3. The Kier molecular flexibility index (Phi) is 4.75. The topological polar surface area (TPSA) is 38.0 Å². The maximum absolute atomic E-state index is 13.4. The van der Waals surface area contributed by atoms with E-state index in [0.29, 0.717) is 6.42 Å². The second-order valence-corrected chi connectivity index (χ2v) is 6.05. The SMILES string of the molecule is NNC(Cc1sccc1Br)c1ccc(Cl)c(F)c1. The number of hydrogen-bond donors (Lipinski definition) is 2. The second kappa shape index (κ2) is 6.12. The zero-order chi connectivity index (χ0) is 13.1. The number of benzene rings is 1. The van der Waals surface area contributed by atoms with Crippen LogP contribution in [0.1, 0.15) is 16.5 Å². The van der Waals surface area contributed by atoms with Crippen LogP contribution in [0, 0.1) is 5.82 Å². The Morgan fingerprint density at radius 2 is 2.22 bits per heavy atom. The summed E-state index contributed by atoms with van der Waals surface area (Å²) in [5, 5.41) is 2.11. The smallest absolute Gasteiger partial charge is 0.142 e. The predicted molar refractivity (Wildman–Crippen MR) is 77.2 cm³/mol. The van der Waals surface area contributed by atoms with Crippen LogP contribution in [0.25, 0.3) is 0 Å². The van der Waals surface area contributed by atoms with Gasteiger partial charge in [0, 0.05) is 15.8 Å². The van der Waals surface area contributed by atoms with Crippen LogP contribution in [-0.4, -0.2) is 0 Å². The van der Waals surface area contributed by atoms with Crippen molar-refractivity contribution in [2.24, 2.45) is 5.84 Å². The third-order valence-corrected chi connectivity index (χ3v) is 4.88. The molecule has 1 aromatic carbocycles. The molecular formula is C12H11BrClFN2S. The normalized spacial score (nSPS) is 12.7. The first-order chi connectivity index (χ1) is 8.61. The fourth-order valence-electron chi connectivity index (χ4n) is 1.66. The Labute approximate surface area is 122 Å². The minimum Gasteiger partial charge on any atom is -0.271 e. The molecular weight excluding hydrogens is 339 g/mol. The molecule has 1 atom stereocenters. The van der Waals surface area contributed by atoms with E-state index in [-0.39, 0.29) is 11.1 Å². The predicted octanol–water partition coefficient (Wildman–Crippen LogP) is 4.05. The van der Waals surface area contributed by atoms with Gasteiger partial charge in [0.2, 0.25) is 0 Å². The van der Waals surface area contributed by atoms with Crippen molar-refractivity contribution in [2.75, 3.05) is 0 Å². The van der Waals surface area contributed by atoms with Gasteiger partial charge in [-0.3, -0.25) is 11.3 Å². The van der Waals surface area contributed by atoms with Gasteiger partial charge in [0.05, 0.1) is 11.1 Å². The lowest BCUT2D eigenvalue weighted by atomic mass is 10.0. The zero-order valence-corrected chi connectivity index (χ0v) is 12.4. The molecule has 96 valence electrons. The van der Waals surface area contributed by atoms with Gasteiger partial charge in [-0.2, -0.15) is 0 Å². The molecule has 0 aliphatic rings. The molecule has 2 nitrogen and oxygen atoms in total. The van der Waals surface area contributed by atoms with E-state index in [4.69, 9.17) is 17.4 Å². The highest BCUT2D eigenvalue weighted by molar-refractivity contribution is 9.10. The number of nitrogens with two attached hydrogens (primary N) is 1. The zero-order valence-electron chi connectivity index (χ0n) is 9.29. The Morgan fingerprint density at radius 3 is 2.78 bits per heavy atom. The van der Waals surface area contributed by atoms with Crippen molar-refractivity contribution in [3.63, 3.8) is 0 Å². The summed E-state index contributed by atoms with van der Waals surface area (Å²) in [6.07, 6.45) is 0.690. The van der Waals surface area contributed by atoms with Crippen LogP contribution in [0.2, 0.25) is 5.02 Å². The molecule has 0 bridgehead atoms. The summed E-state index contributed by atoms with van der Waals surface area (Å²) in [6, 6.07) is 6.56. The molecule has 18 heavy (non-hydrogen) atoms. The summed E-state index contributed by atoms with van der Waals surface area (Å²) < 4.78 is 14.5. The fraction of sp³-hybridized carbons (Fsp3) is 0.167. The summed E-state index contributed by atoms with van der Waals surface area (Å²) in [5.41, 5.74) is 3.48. The monoisotopic (exact) mass is 348 g/mol. The lowest BCUT2D eigenvalue weighted by Crippen LogP contribution is -2.29. The van der Waals surface area contributed by atoms with Gasteiger partial charge < -0.3 is 0 Å². The quantitative estimate of drug-likeness (QED) is 0.645. The van der Waals surface area contributed by atoms with Crippen LogP contribution in [-0.2, 0) is 6.42 Å². The Balaban J connectivity index is 2.23. The first kappa shape index (κ1) is 14.0. The van der Waals surface area contributed by atoms with E-state index in [0.717, 1.165) is 14.9 Å². The van der Waals surface area contributed by atoms with Crippen molar-refractivity contribution in [3.05, 3.63) is 55.4 Å². The van der Waals surface area contributed by atoms with E-state index < -0.39 is 5.82 Å². The molecule has 2 rings (SSSR count). The largest absolute Gasteiger partial charge is 0.271 e. The summed E-state index contributed by atoms with van der Waals surface area (Å²) in [7, 11) is 0. The van der Waals surface area contributed by atoms with Gasteiger partial charge in [-0.1, -0.05) is 17.7 Å². The first-order valence-corrected chi connectivity index (χ1v) is 7.30. The van der Waals surface area contributed by atoms with Crippen LogP contribution in [0.3, 0.4) is 0 Å². The van der Waals surface area contributed by atoms with E-state index >= 15 is 0 Å². The van der Waals surface area contributed by atoms with E-state index in [1.165, 1.54) is 6.07 Å². The molecule has 0 aliphatic heterocycles. The number of thiophene rings is 1. The van der Waals surface area contributed by atoms with E-state index in [1.807, 2.05) is 11.4 Å². The summed E-state index contributed by atoms with van der Waals surface area (Å²) >= 11 is 10.8. The molecule has 1 unspecified atom stereocenters. The standard InChI is InChI=1S/C12H11BrClFN2S/c13-8-3-4-18-12(8)6-11(17-16)7-1-2-9(14)10(15)5-7/h1-5,11,17H,6,16H2. The average molecular weight is 350 g/mol. The lowest BCUT2D eigenvalue weighted by molar-refractivity contribution is 0.547. The molecule has 0 saturated heterocycles. The van der Waals surface area contributed by atoms with Crippen LogP contribution >= 0.6 is 38.9 Å². The highest BCUT2D eigenvalue weighted by Gasteiger charge is 2.14. The van der Waals surface area contributed by atoms with E-state index in [1.54, 1.807) is 23.5 Å². The van der Waals surface area contributed by atoms with Crippen LogP contribution in [0.4, 0.5) is 4.39 Å². The first-order valence-electron chi connectivity index (χ1n) is 5.24. The maximum atomic E-state index is 13.4. The number of hydrazine groups is 1. The molecule has 0 amide bonds. The minimum absolute atomic E-state index is 0.117. The van der Waals surface area contributed by atoms with Gasteiger partial charge in [0.15, 0.2) is 0 Å². The summed E-state index contributed by atoms with van der Waals surface area (Å²) in [4.78, 5) is 1.16. The molecule has 0 aliphatic carbocycles. The van der Waals surface area contributed by atoms with Crippen molar-refractivity contribution in [1.29, 1.82) is 0 Å². The average Bonchev–Trinajstić information content (AvgIpc) is 2.75. The van der Waals surface area contributed by atoms with Crippen molar-refractivity contribution in [2.45, 2.75) is 12.5 Å². The third-order valence-electron chi connectivity index (χ3n) is 2.63. The van der Waals surface area contributed by atoms with Gasteiger partial charge in [-0.25, -0.2) is 4.39 Å². The number of rotatable bonds is 4. The van der Waals surface area contributed by atoms with Crippen molar-refractivity contribution >= 4 is 38.9 Å². The van der Waals surface area contributed by atoms with Gasteiger partial charge in [0.1, 0.15) is 5.82 Å². The van der Waals surface area contributed by atoms with E-state index in [2.05, 4.69) is 21.4 Å². The summed E-state index contributed by atoms with van der Waals surface area (Å²) in [5.74, 6) is 5.11. The Hall–Kier alpha value is -0.460. The number of halogens is 3. The van der Waals surface area contributed by atoms with Crippen molar-refractivity contribution < 1.29 is 4.39 Å². The Bertz CT molecular complexity index is 547. The molecule has 0 fully saturated rings. The molecule has 3 N–H and O–H groups in total. The van der Waals surface area contributed by atoms with Crippen LogP contribution in [0.15, 0.2) is 34.1 Å². The molecule has 0 radical (unpaired) electrons. The molecule has 0 saturated carbocycles. The molecule has 0 spiro atoms. The molecule has 2 aromatic rings. The third kappa shape index (κ3) is 3.10. The van der Waals surface area contributed by atoms with Gasteiger partial charge in [-0.15, -0.1) is 11.3 Å². The van der Waals surface area contributed by atoms with Crippen molar-refractivity contribution in [3.8, 4) is 0 Å².